The van der Waals surface area contributed by atoms with Crippen molar-refractivity contribution < 1.29 is 9.53 Å². The summed E-state index contributed by atoms with van der Waals surface area (Å²) in [6.45, 7) is 1.89. The highest BCUT2D eigenvalue weighted by molar-refractivity contribution is 9.10. The lowest BCUT2D eigenvalue weighted by molar-refractivity contribution is -0.119. The van der Waals surface area contributed by atoms with Crippen molar-refractivity contribution in [1.82, 2.24) is 0 Å². The zero-order valence-corrected chi connectivity index (χ0v) is 13.1. The Bertz CT molecular complexity index is 666. The van der Waals surface area contributed by atoms with Crippen molar-refractivity contribution in [2.75, 3.05) is 6.61 Å². The molecule has 0 unspecified atom stereocenters. The summed E-state index contributed by atoms with van der Waals surface area (Å²) in [7, 11) is 0. The van der Waals surface area contributed by atoms with Crippen molar-refractivity contribution in [1.29, 1.82) is 0 Å². The Morgan fingerprint density at radius 1 is 1.29 bits per heavy atom. The minimum atomic E-state index is -0.494. The topological polar surface area (TPSA) is 64.7 Å². The van der Waals surface area contributed by atoms with Gasteiger partial charge < -0.3 is 10.5 Å². The molecule has 2 aromatic rings. The Labute approximate surface area is 131 Å². The van der Waals surface area contributed by atoms with Crippen LogP contribution in [0, 0.1) is 6.92 Å². The lowest BCUT2D eigenvalue weighted by atomic mass is 10.2. The molecule has 108 valence electrons. The Kier molecular flexibility index (Phi) is 5.11. The molecule has 0 aromatic heterocycles. The molecule has 0 heterocycles. The molecule has 0 aliphatic heterocycles. The van der Waals surface area contributed by atoms with Crippen LogP contribution in [0.25, 0.3) is 0 Å². The van der Waals surface area contributed by atoms with E-state index in [2.05, 4.69) is 20.9 Å². The highest BCUT2D eigenvalue weighted by atomic mass is 79.9. The van der Waals surface area contributed by atoms with Crippen LogP contribution in [0.1, 0.15) is 11.1 Å². The molecule has 21 heavy (non-hydrogen) atoms. The van der Waals surface area contributed by atoms with Gasteiger partial charge in [-0.3, -0.25) is 9.79 Å². The van der Waals surface area contributed by atoms with Crippen LogP contribution in [0.5, 0.6) is 5.75 Å². The molecule has 0 bridgehead atoms. The Morgan fingerprint density at radius 2 is 2.00 bits per heavy atom. The van der Waals surface area contributed by atoms with E-state index in [0.29, 0.717) is 5.75 Å². The third kappa shape index (κ3) is 4.72. The number of ether oxygens (including phenoxy) is 1. The summed E-state index contributed by atoms with van der Waals surface area (Å²) in [6.07, 6.45) is 1.79. The molecule has 0 saturated heterocycles. The van der Waals surface area contributed by atoms with Crippen molar-refractivity contribution in [2.45, 2.75) is 6.92 Å². The molecule has 2 rings (SSSR count). The van der Waals surface area contributed by atoms with Crippen molar-refractivity contribution in [2.24, 2.45) is 10.7 Å². The van der Waals surface area contributed by atoms with E-state index in [1.54, 1.807) is 18.3 Å². The summed E-state index contributed by atoms with van der Waals surface area (Å²) >= 11 is 3.43. The smallest absolute Gasteiger partial charge is 0.255 e. The summed E-state index contributed by atoms with van der Waals surface area (Å²) in [4.78, 5) is 15.1. The van der Waals surface area contributed by atoms with Gasteiger partial charge in [0.1, 0.15) is 5.75 Å². The van der Waals surface area contributed by atoms with E-state index in [0.717, 1.165) is 21.3 Å². The molecule has 0 radical (unpaired) electrons. The maximum Gasteiger partial charge on any atom is 0.255 e. The number of nitrogens with two attached hydrogens (primary N) is 1. The van der Waals surface area contributed by atoms with Crippen LogP contribution in [0.15, 0.2) is 51.9 Å². The highest BCUT2D eigenvalue weighted by Gasteiger charge is 1.98. The molecule has 5 heteroatoms. The molecule has 0 spiro atoms. The number of carbonyl (C=O) groups excluding carboxylic acids is 1. The van der Waals surface area contributed by atoms with E-state index in [-0.39, 0.29) is 6.61 Å². The highest BCUT2D eigenvalue weighted by Crippen LogP contribution is 2.22. The van der Waals surface area contributed by atoms with Crippen LogP contribution in [0.3, 0.4) is 0 Å². The predicted octanol–water partition coefficient (Wildman–Crippen LogP) is 3.37. The number of hydrogen-bond acceptors (Lipinski definition) is 3. The number of hydrogen-bond donors (Lipinski definition) is 1. The van der Waals surface area contributed by atoms with Crippen LogP contribution in [-0.2, 0) is 4.79 Å². The second-order valence-electron chi connectivity index (χ2n) is 4.51. The maximum absolute atomic E-state index is 10.6. The zero-order valence-electron chi connectivity index (χ0n) is 11.5. The average Bonchev–Trinajstić information content (AvgIpc) is 2.45. The quantitative estimate of drug-likeness (QED) is 0.843. The molecule has 4 nitrogen and oxygen atoms in total. The van der Waals surface area contributed by atoms with Crippen molar-refractivity contribution in [3.05, 3.63) is 58.1 Å². The minimum Gasteiger partial charge on any atom is -0.484 e. The van der Waals surface area contributed by atoms with E-state index in [9.17, 15) is 4.79 Å². The first kappa shape index (κ1) is 15.3. The maximum atomic E-state index is 10.6. The van der Waals surface area contributed by atoms with Gasteiger partial charge in [-0.1, -0.05) is 15.9 Å². The zero-order chi connectivity index (χ0) is 15.2. The molecule has 1 amide bonds. The summed E-state index contributed by atoms with van der Waals surface area (Å²) in [5.74, 6) is 0.108. The molecule has 0 aliphatic rings. The van der Waals surface area contributed by atoms with Crippen LogP contribution < -0.4 is 10.5 Å². The monoisotopic (exact) mass is 346 g/mol. The van der Waals surface area contributed by atoms with Gasteiger partial charge in [0, 0.05) is 10.7 Å². The second-order valence-corrected chi connectivity index (χ2v) is 5.43. The van der Waals surface area contributed by atoms with Crippen LogP contribution in [-0.4, -0.2) is 18.7 Å². The first-order valence-electron chi connectivity index (χ1n) is 6.36. The first-order valence-corrected chi connectivity index (χ1v) is 7.15. The normalized spacial score (nSPS) is 10.8. The molecular formula is C16H15BrN2O2. The van der Waals surface area contributed by atoms with Gasteiger partial charge >= 0.3 is 0 Å². The van der Waals surface area contributed by atoms with E-state index in [1.165, 1.54) is 0 Å². The fraction of sp³-hybridized carbons (Fsp3) is 0.125. The Morgan fingerprint density at radius 3 is 2.62 bits per heavy atom. The number of benzene rings is 2. The van der Waals surface area contributed by atoms with Gasteiger partial charge in [-0.05, 0) is 60.5 Å². The third-order valence-corrected chi connectivity index (χ3v) is 3.27. The summed E-state index contributed by atoms with van der Waals surface area (Å²) in [6, 6.07) is 13.2. The van der Waals surface area contributed by atoms with Gasteiger partial charge in [-0.15, -0.1) is 0 Å². The molecule has 0 fully saturated rings. The number of amides is 1. The average molecular weight is 347 g/mol. The SMILES string of the molecule is Cc1cc(Br)ccc1N=Cc1ccc(OCC(N)=O)cc1. The van der Waals surface area contributed by atoms with Crippen LogP contribution in [0.2, 0.25) is 0 Å². The summed E-state index contributed by atoms with van der Waals surface area (Å²) < 4.78 is 6.23. The van der Waals surface area contributed by atoms with Gasteiger partial charge in [-0.2, -0.15) is 0 Å². The number of primary amides is 1. The van der Waals surface area contributed by atoms with E-state index in [4.69, 9.17) is 10.5 Å². The molecule has 0 saturated carbocycles. The number of rotatable bonds is 5. The van der Waals surface area contributed by atoms with Gasteiger partial charge in [0.15, 0.2) is 6.61 Å². The van der Waals surface area contributed by atoms with Crippen LogP contribution in [0.4, 0.5) is 5.69 Å². The number of aryl methyl sites for hydroxylation is 1. The second kappa shape index (κ2) is 7.04. The Hall–Kier alpha value is -2.14. The largest absolute Gasteiger partial charge is 0.484 e. The van der Waals surface area contributed by atoms with Gasteiger partial charge in [0.2, 0.25) is 0 Å². The number of aliphatic imine (C=N–C) groups is 1. The van der Waals surface area contributed by atoms with E-state index >= 15 is 0 Å². The molecule has 2 N–H and O–H groups in total. The number of nitrogens with zero attached hydrogens (tertiary/aromatic N) is 1. The fourth-order valence-corrected chi connectivity index (χ4v) is 2.19. The molecular weight excluding hydrogens is 332 g/mol. The van der Waals surface area contributed by atoms with Crippen molar-refractivity contribution in [3.8, 4) is 5.75 Å². The van der Waals surface area contributed by atoms with E-state index < -0.39 is 5.91 Å². The molecule has 2 aromatic carbocycles. The van der Waals surface area contributed by atoms with Gasteiger partial charge in [0.05, 0.1) is 5.69 Å². The van der Waals surface area contributed by atoms with E-state index in [1.807, 2.05) is 37.3 Å². The first-order chi connectivity index (χ1) is 10.0. The van der Waals surface area contributed by atoms with Crippen molar-refractivity contribution in [3.63, 3.8) is 0 Å². The van der Waals surface area contributed by atoms with Gasteiger partial charge in [0.25, 0.3) is 5.91 Å². The molecule has 0 atom stereocenters. The third-order valence-electron chi connectivity index (χ3n) is 2.77. The predicted molar refractivity (Wildman–Crippen MR) is 87.3 cm³/mol. The standard InChI is InChI=1S/C16H15BrN2O2/c1-11-8-13(17)4-7-15(11)19-9-12-2-5-14(6-3-12)21-10-16(18)20/h2-9H,10H2,1H3,(H2,18,20). The minimum absolute atomic E-state index is 0.120. The fourth-order valence-electron chi connectivity index (χ4n) is 1.71. The summed E-state index contributed by atoms with van der Waals surface area (Å²) in [5, 5.41) is 0. The Balaban J connectivity index is 2.05. The van der Waals surface area contributed by atoms with Crippen molar-refractivity contribution >= 4 is 33.7 Å². The number of halogens is 1. The van der Waals surface area contributed by atoms with Crippen LogP contribution >= 0.6 is 15.9 Å². The lowest BCUT2D eigenvalue weighted by Crippen LogP contribution is -2.19. The lowest BCUT2D eigenvalue weighted by Gasteiger charge is -2.03. The summed E-state index contributed by atoms with van der Waals surface area (Å²) in [5.41, 5.74) is 7.99. The van der Waals surface area contributed by atoms with Gasteiger partial charge in [-0.25, -0.2) is 0 Å². The molecule has 0 aliphatic carbocycles. The number of carbonyl (C=O) groups is 1.